The van der Waals surface area contributed by atoms with Crippen molar-refractivity contribution in [3.8, 4) is 17.0 Å². The summed E-state index contributed by atoms with van der Waals surface area (Å²) < 4.78 is 44.0. The van der Waals surface area contributed by atoms with Crippen molar-refractivity contribution in [1.29, 1.82) is 0 Å². The van der Waals surface area contributed by atoms with Crippen LogP contribution in [0.2, 0.25) is 0 Å². The number of carboxylic acids is 1. The number of hydrogen-bond donors (Lipinski definition) is 1. The zero-order chi connectivity index (χ0) is 15.6. The summed E-state index contributed by atoms with van der Waals surface area (Å²) in [6, 6.07) is 5.71. The first-order valence-corrected chi connectivity index (χ1v) is 5.78. The standard InChI is InChI=1S/C14H10F3NO3/c1-21-11-7-8(13(19)20)4-5-9(11)12-10(14(15,16)17)3-2-6-18-12/h2-7H,1H3,(H,19,20). The molecule has 0 saturated carbocycles. The number of pyridine rings is 1. The van der Waals surface area contributed by atoms with Gasteiger partial charge < -0.3 is 9.84 Å². The highest BCUT2D eigenvalue weighted by atomic mass is 19.4. The molecule has 1 aromatic carbocycles. The highest BCUT2D eigenvalue weighted by Gasteiger charge is 2.35. The first kappa shape index (κ1) is 14.8. The van der Waals surface area contributed by atoms with E-state index in [1.807, 2.05) is 0 Å². The van der Waals surface area contributed by atoms with E-state index in [1.165, 1.54) is 31.5 Å². The number of aromatic carboxylic acids is 1. The monoisotopic (exact) mass is 297 g/mol. The number of aromatic nitrogens is 1. The first-order chi connectivity index (χ1) is 9.84. The molecule has 4 nitrogen and oxygen atoms in total. The van der Waals surface area contributed by atoms with Gasteiger partial charge in [-0.15, -0.1) is 0 Å². The van der Waals surface area contributed by atoms with Crippen molar-refractivity contribution in [2.24, 2.45) is 0 Å². The lowest BCUT2D eigenvalue weighted by Gasteiger charge is -2.14. The minimum Gasteiger partial charge on any atom is -0.496 e. The van der Waals surface area contributed by atoms with Gasteiger partial charge in [-0.3, -0.25) is 4.98 Å². The van der Waals surface area contributed by atoms with Gasteiger partial charge in [-0.05, 0) is 30.3 Å². The van der Waals surface area contributed by atoms with Crippen LogP contribution < -0.4 is 4.74 Å². The van der Waals surface area contributed by atoms with Crippen LogP contribution in [-0.2, 0) is 6.18 Å². The van der Waals surface area contributed by atoms with Crippen LogP contribution in [0.1, 0.15) is 15.9 Å². The summed E-state index contributed by atoms with van der Waals surface area (Å²) >= 11 is 0. The van der Waals surface area contributed by atoms with Gasteiger partial charge in [0.2, 0.25) is 0 Å². The summed E-state index contributed by atoms with van der Waals surface area (Å²) in [7, 11) is 1.25. The van der Waals surface area contributed by atoms with Gasteiger partial charge in [-0.2, -0.15) is 13.2 Å². The van der Waals surface area contributed by atoms with E-state index in [0.29, 0.717) is 0 Å². The predicted molar refractivity (Wildman–Crippen MR) is 68.2 cm³/mol. The van der Waals surface area contributed by atoms with Crippen molar-refractivity contribution in [3.05, 3.63) is 47.7 Å². The SMILES string of the molecule is COc1cc(C(=O)O)ccc1-c1ncccc1C(F)(F)F. The maximum Gasteiger partial charge on any atom is 0.418 e. The molecule has 110 valence electrons. The van der Waals surface area contributed by atoms with E-state index >= 15 is 0 Å². The van der Waals surface area contributed by atoms with Crippen LogP contribution in [0.3, 0.4) is 0 Å². The molecule has 0 aliphatic heterocycles. The van der Waals surface area contributed by atoms with E-state index in [2.05, 4.69) is 4.98 Å². The Balaban J connectivity index is 2.65. The summed E-state index contributed by atoms with van der Waals surface area (Å²) in [4.78, 5) is 14.6. The Bertz CT molecular complexity index is 683. The Morgan fingerprint density at radius 3 is 2.57 bits per heavy atom. The van der Waals surface area contributed by atoms with Crippen molar-refractivity contribution in [2.45, 2.75) is 6.18 Å². The summed E-state index contributed by atoms with van der Waals surface area (Å²) in [5, 5.41) is 8.90. The molecule has 0 radical (unpaired) electrons. The number of rotatable bonds is 3. The predicted octanol–water partition coefficient (Wildman–Crippen LogP) is 3.47. The van der Waals surface area contributed by atoms with Gasteiger partial charge in [-0.1, -0.05) is 0 Å². The fraction of sp³-hybridized carbons (Fsp3) is 0.143. The number of hydrogen-bond acceptors (Lipinski definition) is 3. The van der Waals surface area contributed by atoms with E-state index in [9.17, 15) is 18.0 Å². The van der Waals surface area contributed by atoms with Gasteiger partial charge >= 0.3 is 12.1 Å². The van der Waals surface area contributed by atoms with E-state index < -0.39 is 17.7 Å². The largest absolute Gasteiger partial charge is 0.496 e. The topological polar surface area (TPSA) is 59.4 Å². The number of halogens is 3. The molecular formula is C14H10F3NO3. The van der Waals surface area contributed by atoms with E-state index in [1.54, 1.807) is 0 Å². The van der Waals surface area contributed by atoms with Gasteiger partial charge in [0.1, 0.15) is 5.75 Å². The lowest BCUT2D eigenvalue weighted by Crippen LogP contribution is -2.09. The second-order valence-electron chi connectivity index (χ2n) is 4.12. The van der Waals surface area contributed by atoms with Crippen LogP contribution >= 0.6 is 0 Å². The molecule has 7 heteroatoms. The Morgan fingerprint density at radius 2 is 2.00 bits per heavy atom. The minimum absolute atomic E-state index is 0.0131. The molecule has 2 rings (SSSR count). The molecule has 0 unspecified atom stereocenters. The average Bonchev–Trinajstić information content (AvgIpc) is 2.45. The van der Waals surface area contributed by atoms with Gasteiger partial charge in [0, 0.05) is 11.8 Å². The van der Waals surface area contributed by atoms with Crippen LogP contribution in [0.5, 0.6) is 5.75 Å². The third-order valence-electron chi connectivity index (χ3n) is 2.82. The van der Waals surface area contributed by atoms with Gasteiger partial charge in [-0.25, -0.2) is 4.79 Å². The highest BCUT2D eigenvalue weighted by molar-refractivity contribution is 5.89. The smallest absolute Gasteiger partial charge is 0.418 e. The summed E-state index contributed by atoms with van der Waals surface area (Å²) in [5.41, 5.74) is -1.22. The highest BCUT2D eigenvalue weighted by Crippen LogP contribution is 2.39. The van der Waals surface area contributed by atoms with Gasteiger partial charge in [0.15, 0.2) is 0 Å². The summed E-state index contributed by atoms with van der Waals surface area (Å²) in [6.45, 7) is 0. The lowest BCUT2D eigenvalue weighted by atomic mass is 10.0. The normalized spacial score (nSPS) is 11.2. The number of methoxy groups -OCH3 is 1. The van der Waals surface area contributed by atoms with Crippen molar-refractivity contribution in [3.63, 3.8) is 0 Å². The Labute approximate surface area is 117 Å². The number of carboxylic acid groups (broad SMARTS) is 1. The maximum atomic E-state index is 13.0. The molecule has 2 aromatic rings. The molecule has 0 aliphatic carbocycles. The molecule has 0 atom stereocenters. The van der Waals surface area contributed by atoms with Crippen LogP contribution in [0.25, 0.3) is 11.3 Å². The molecule has 0 fully saturated rings. The quantitative estimate of drug-likeness (QED) is 0.942. The van der Waals surface area contributed by atoms with Crippen LogP contribution in [-0.4, -0.2) is 23.2 Å². The Morgan fingerprint density at radius 1 is 1.29 bits per heavy atom. The van der Waals surface area contributed by atoms with Gasteiger partial charge in [0.05, 0.1) is 23.9 Å². The molecule has 1 N–H and O–H groups in total. The average molecular weight is 297 g/mol. The zero-order valence-electron chi connectivity index (χ0n) is 10.8. The summed E-state index contributed by atoms with van der Waals surface area (Å²) in [5.74, 6) is -1.18. The second-order valence-corrected chi connectivity index (χ2v) is 4.12. The minimum atomic E-state index is -4.57. The van der Waals surface area contributed by atoms with Crippen molar-refractivity contribution < 1.29 is 27.8 Å². The molecule has 0 saturated heterocycles. The molecule has 0 aliphatic rings. The van der Waals surface area contributed by atoms with Crippen molar-refractivity contribution in [2.75, 3.05) is 7.11 Å². The van der Waals surface area contributed by atoms with Crippen molar-refractivity contribution in [1.82, 2.24) is 4.98 Å². The third-order valence-corrected chi connectivity index (χ3v) is 2.82. The third kappa shape index (κ3) is 2.96. The number of ether oxygens (including phenoxy) is 1. The fourth-order valence-electron chi connectivity index (χ4n) is 1.87. The number of carbonyl (C=O) groups is 1. The molecule has 1 aromatic heterocycles. The van der Waals surface area contributed by atoms with Crippen LogP contribution in [0.4, 0.5) is 13.2 Å². The maximum absolute atomic E-state index is 13.0. The first-order valence-electron chi connectivity index (χ1n) is 5.78. The van der Waals surface area contributed by atoms with Crippen molar-refractivity contribution >= 4 is 5.97 Å². The molecule has 0 amide bonds. The van der Waals surface area contributed by atoms with Gasteiger partial charge in [0.25, 0.3) is 0 Å². The Kier molecular flexibility index (Phi) is 3.84. The lowest BCUT2D eigenvalue weighted by molar-refractivity contribution is -0.137. The number of benzene rings is 1. The number of alkyl halides is 3. The summed E-state index contributed by atoms with van der Waals surface area (Å²) in [6.07, 6.45) is -3.34. The van der Waals surface area contributed by atoms with Crippen LogP contribution in [0.15, 0.2) is 36.5 Å². The second kappa shape index (κ2) is 5.43. The van der Waals surface area contributed by atoms with E-state index in [4.69, 9.17) is 9.84 Å². The van der Waals surface area contributed by atoms with Crippen LogP contribution in [0, 0.1) is 0 Å². The molecule has 1 heterocycles. The molecule has 0 bridgehead atoms. The molecular weight excluding hydrogens is 287 g/mol. The van der Waals surface area contributed by atoms with E-state index in [-0.39, 0.29) is 22.6 Å². The zero-order valence-corrected chi connectivity index (χ0v) is 10.8. The Hall–Kier alpha value is -2.57. The molecule has 0 spiro atoms. The molecule has 21 heavy (non-hydrogen) atoms. The van der Waals surface area contributed by atoms with E-state index in [0.717, 1.165) is 12.1 Å². The number of nitrogens with zero attached hydrogens (tertiary/aromatic N) is 1. The fourth-order valence-corrected chi connectivity index (χ4v) is 1.87.